The number of benzene rings is 3. The molecule has 0 atom stereocenters. The molecule has 0 radical (unpaired) electrons. The molecule has 0 aromatic heterocycles. The summed E-state index contributed by atoms with van der Waals surface area (Å²) in [5.41, 5.74) is 3.15. The highest BCUT2D eigenvalue weighted by atomic mass is 35.5. The van der Waals surface area contributed by atoms with Gasteiger partial charge in [-0.05, 0) is 67.4 Å². The second-order valence-corrected chi connectivity index (χ2v) is 9.93. The van der Waals surface area contributed by atoms with Gasteiger partial charge in [-0.1, -0.05) is 35.9 Å². The first kappa shape index (κ1) is 25.3. The number of hydrogen-bond donors (Lipinski definition) is 1. The summed E-state index contributed by atoms with van der Waals surface area (Å²) in [6, 6.07) is 18.3. The van der Waals surface area contributed by atoms with E-state index in [9.17, 15) is 18.0 Å². The van der Waals surface area contributed by atoms with Crippen LogP contribution in [0.1, 0.15) is 38.8 Å². The van der Waals surface area contributed by atoms with Crippen LogP contribution in [-0.2, 0) is 21.3 Å². The Labute approximate surface area is 204 Å². The van der Waals surface area contributed by atoms with E-state index in [4.69, 9.17) is 16.3 Å². The number of aryl methyl sites for hydroxylation is 1. The van der Waals surface area contributed by atoms with Crippen LogP contribution < -0.4 is 9.62 Å². The van der Waals surface area contributed by atoms with Gasteiger partial charge in [0, 0.05) is 11.3 Å². The minimum Gasteiger partial charge on any atom is -0.462 e. The molecular formula is C25H25ClN2O5S. The molecule has 1 amide bonds. The highest BCUT2D eigenvalue weighted by molar-refractivity contribution is 7.92. The first-order valence-electron chi connectivity index (χ1n) is 10.5. The van der Waals surface area contributed by atoms with Crippen LogP contribution in [0.25, 0.3) is 0 Å². The minimum atomic E-state index is -3.56. The maximum Gasteiger partial charge on any atom is 0.339 e. The molecule has 0 aliphatic heterocycles. The average Bonchev–Trinajstić information content (AvgIpc) is 2.79. The molecule has 0 spiro atoms. The molecule has 3 aromatic rings. The molecular weight excluding hydrogens is 476 g/mol. The van der Waals surface area contributed by atoms with Crippen LogP contribution >= 0.6 is 11.6 Å². The van der Waals surface area contributed by atoms with Gasteiger partial charge in [-0.15, -0.1) is 0 Å². The Kier molecular flexibility index (Phi) is 7.96. The van der Waals surface area contributed by atoms with E-state index < -0.39 is 21.9 Å². The lowest BCUT2D eigenvalue weighted by Crippen LogP contribution is -2.29. The molecule has 0 bridgehead atoms. The second kappa shape index (κ2) is 10.7. The first-order chi connectivity index (χ1) is 16.1. The number of carbonyl (C=O) groups excluding carboxylic acids is 2. The topological polar surface area (TPSA) is 92.8 Å². The molecule has 3 rings (SSSR count). The second-order valence-electron chi connectivity index (χ2n) is 7.61. The number of anilines is 2. The Morgan fingerprint density at radius 3 is 2.32 bits per heavy atom. The Morgan fingerprint density at radius 1 is 1.03 bits per heavy atom. The van der Waals surface area contributed by atoms with E-state index in [-0.39, 0.29) is 23.7 Å². The molecule has 0 heterocycles. The molecule has 0 aliphatic rings. The van der Waals surface area contributed by atoms with Gasteiger partial charge < -0.3 is 10.1 Å². The molecule has 9 heteroatoms. The monoisotopic (exact) mass is 500 g/mol. The van der Waals surface area contributed by atoms with Crippen LogP contribution in [0.3, 0.4) is 0 Å². The summed E-state index contributed by atoms with van der Waals surface area (Å²) in [6.07, 6.45) is 1.15. The molecule has 0 saturated carbocycles. The van der Waals surface area contributed by atoms with E-state index >= 15 is 0 Å². The van der Waals surface area contributed by atoms with Gasteiger partial charge in [0.1, 0.15) is 0 Å². The van der Waals surface area contributed by atoms with Crippen molar-refractivity contribution in [2.24, 2.45) is 0 Å². The van der Waals surface area contributed by atoms with Gasteiger partial charge >= 0.3 is 5.97 Å². The standard InChI is InChI=1S/C25H25ClN2O5S/c1-4-33-25(30)22-15-20(11-14-23(22)26)27-24(29)18-9-12-21(13-10-18)28(34(3,31)32)16-19-8-6-5-7-17(19)2/h5-15H,4,16H2,1-3H3,(H,27,29). The van der Waals surface area contributed by atoms with E-state index in [0.717, 1.165) is 17.4 Å². The third-order valence-electron chi connectivity index (χ3n) is 5.11. The summed E-state index contributed by atoms with van der Waals surface area (Å²) in [4.78, 5) is 24.8. The lowest BCUT2D eigenvalue weighted by molar-refractivity contribution is 0.0526. The fraction of sp³-hybridized carbons (Fsp3) is 0.200. The lowest BCUT2D eigenvalue weighted by atomic mass is 10.1. The summed E-state index contributed by atoms with van der Waals surface area (Å²) in [5, 5.41) is 2.93. The van der Waals surface area contributed by atoms with E-state index in [1.54, 1.807) is 37.3 Å². The highest BCUT2D eigenvalue weighted by Crippen LogP contribution is 2.24. The molecule has 3 aromatic carbocycles. The SMILES string of the molecule is CCOC(=O)c1cc(NC(=O)c2ccc(N(Cc3ccccc3C)S(C)(=O)=O)cc2)ccc1Cl. The van der Waals surface area contributed by atoms with Crippen molar-refractivity contribution in [1.29, 1.82) is 0 Å². The van der Waals surface area contributed by atoms with E-state index in [0.29, 0.717) is 16.9 Å². The minimum absolute atomic E-state index is 0.150. The van der Waals surface area contributed by atoms with Crippen molar-refractivity contribution in [3.05, 3.63) is 94.0 Å². The van der Waals surface area contributed by atoms with Crippen molar-refractivity contribution >= 4 is 44.9 Å². The summed E-state index contributed by atoms with van der Waals surface area (Å²) in [7, 11) is -3.56. The van der Waals surface area contributed by atoms with Crippen molar-refractivity contribution in [3.63, 3.8) is 0 Å². The predicted octanol–water partition coefficient (Wildman–Crippen LogP) is 5.04. The normalized spacial score (nSPS) is 11.1. The van der Waals surface area contributed by atoms with Crippen LogP contribution in [0.2, 0.25) is 5.02 Å². The molecule has 1 N–H and O–H groups in total. The maximum absolute atomic E-state index is 12.7. The highest BCUT2D eigenvalue weighted by Gasteiger charge is 2.19. The zero-order valence-electron chi connectivity index (χ0n) is 19.0. The van der Waals surface area contributed by atoms with Crippen molar-refractivity contribution in [2.45, 2.75) is 20.4 Å². The Morgan fingerprint density at radius 2 is 1.71 bits per heavy atom. The van der Waals surface area contributed by atoms with Crippen molar-refractivity contribution in [1.82, 2.24) is 0 Å². The molecule has 7 nitrogen and oxygen atoms in total. The number of carbonyl (C=O) groups is 2. The number of hydrogen-bond acceptors (Lipinski definition) is 5. The maximum atomic E-state index is 12.7. The number of rotatable bonds is 8. The number of esters is 1. The number of ether oxygens (including phenoxy) is 1. The van der Waals surface area contributed by atoms with E-state index in [2.05, 4.69) is 5.32 Å². The van der Waals surface area contributed by atoms with Crippen LogP contribution in [0, 0.1) is 6.92 Å². The molecule has 0 aliphatic carbocycles. The zero-order valence-corrected chi connectivity index (χ0v) is 20.6. The van der Waals surface area contributed by atoms with Gasteiger partial charge in [0.05, 0.1) is 35.7 Å². The van der Waals surface area contributed by atoms with Crippen LogP contribution in [0.4, 0.5) is 11.4 Å². The molecule has 0 unspecified atom stereocenters. The smallest absolute Gasteiger partial charge is 0.339 e. The van der Waals surface area contributed by atoms with Gasteiger partial charge in [-0.3, -0.25) is 9.10 Å². The summed E-state index contributed by atoms with van der Waals surface area (Å²) < 4.78 is 31.2. The largest absolute Gasteiger partial charge is 0.462 e. The van der Waals surface area contributed by atoms with E-state index in [1.165, 1.54) is 16.4 Å². The summed E-state index contributed by atoms with van der Waals surface area (Å²) >= 11 is 6.06. The van der Waals surface area contributed by atoms with Gasteiger partial charge in [-0.2, -0.15) is 0 Å². The number of nitrogens with zero attached hydrogens (tertiary/aromatic N) is 1. The summed E-state index contributed by atoms with van der Waals surface area (Å²) in [5.74, 6) is -1.00. The van der Waals surface area contributed by atoms with Crippen LogP contribution in [0.5, 0.6) is 0 Å². The van der Waals surface area contributed by atoms with Crippen molar-refractivity contribution in [3.8, 4) is 0 Å². The van der Waals surface area contributed by atoms with Gasteiger partial charge in [0.25, 0.3) is 5.91 Å². The van der Waals surface area contributed by atoms with E-state index in [1.807, 2.05) is 31.2 Å². The van der Waals surface area contributed by atoms with Gasteiger partial charge in [-0.25, -0.2) is 13.2 Å². The quantitative estimate of drug-likeness (QED) is 0.437. The van der Waals surface area contributed by atoms with Gasteiger partial charge in [0.15, 0.2) is 0 Å². The molecule has 34 heavy (non-hydrogen) atoms. The third-order valence-corrected chi connectivity index (χ3v) is 6.58. The van der Waals surface area contributed by atoms with Crippen LogP contribution in [0.15, 0.2) is 66.7 Å². The fourth-order valence-corrected chi connectivity index (χ4v) is 4.37. The predicted molar refractivity (Wildman–Crippen MR) is 134 cm³/mol. The number of amides is 1. The first-order valence-corrected chi connectivity index (χ1v) is 12.7. The zero-order chi connectivity index (χ0) is 24.9. The fourth-order valence-electron chi connectivity index (χ4n) is 3.29. The number of halogens is 1. The van der Waals surface area contributed by atoms with Crippen LogP contribution in [-0.4, -0.2) is 33.2 Å². The Hall–Kier alpha value is -3.36. The Bertz CT molecular complexity index is 1310. The van der Waals surface area contributed by atoms with Crippen molar-refractivity contribution < 1.29 is 22.7 Å². The molecule has 0 saturated heterocycles. The Balaban J connectivity index is 1.80. The van der Waals surface area contributed by atoms with Crippen molar-refractivity contribution in [2.75, 3.05) is 22.5 Å². The number of nitrogens with one attached hydrogen (secondary N) is 1. The molecule has 178 valence electrons. The summed E-state index contributed by atoms with van der Waals surface area (Å²) in [6.45, 7) is 3.99. The average molecular weight is 501 g/mol. The van der Waals surface area contributed by atoms with Gasteiger partial charge in [0.2, 0.25) is 10.0 Å². The lowest BCUT2D eigenvalue weighted by Gasteiger charge is -2.23. The third kappa shape index (κ3) is 6.15. The number of sulfonamides is 1. The molecule has 0 fully saturated rings.